The van der Waals surface area contributed by atoms with Crippen LogP contribution in [0.2, 0.25) is 0 Å². The van der Waals surface area contributed by atoms with Gasteiger partial charge in [0.2, 0.25) is 5.91 Å². The van der Waals surface area contributed by atoms with Crippen molar-refractivity contribution in [3.8, 4) is 5.75 Å². The van der Waals surface area contributed by atoms with E-state index in [4.69, 9.17) is 4.74 Å². The molecule has 1 aliphatic rings. The average molecular weight is 367 g/mol. The van der Waals surface area contributed by atoms with E-state index in [9.17, 15) is 4.79 Å². The van der Waals surface area contributed by atoms with Crippen LogP contribution < -0.4 is 10.1 Å². The van der Waals surface area contributed by atoms with E-state index in [1.807, 2.05) is 42.5 Å². The van der Waals surface area contributed by atoms with Gasteiger partial charge in [0.15, 0.2) is 0 Å². The number of hydrogen-bond donors (Lipinski definition) is 1. The molecule has 4 nitrogen and oxygen atoms in total. The Morgan fingerprint density at radius 1 is 1.07 bits per heavy atom. The molecule has 4 heteroatoms. The maximum Gasteiger partial charge on any atom is 0.227 e. The van der Waals surface area contributed by atoms with Gasteiger partial charge < -0.3 is 10.1 Å². The van der Waals surface area contributed by atoms with Gasteiger partial charge in [-0.25, -0.2) is 0 Å². The van der Waals surface area contributed by atoms with Gasteiger partial charge in [0.05, 0.1) is 19.1 Å². The quantitative estimate of drug-likeness (QED) is 0.763. The molecule has 2 aromatic carbocycles. The lowest BCUT2D eigenvalue weighted by atomic mass is 9.95. The van der Waals surface area contributed by atoms with Crippen LogP contribution in [-0.2, 0) is 4.79 Å². The molecule has 2 atom stereocenters. The molecule has 1 aliphatic heterocycles. The Balaban J connectivity index is 1.73. The van der Waals surface area contributed by atoms with Crippen LogP contribution in [-0.4, -0.2) is 37.6 Å². The number of methoxy groups -OCH3 is 1. The van der Waals surface area contributed by atoms with Crippen molar-refractivity contribution in [2.75, 3.05) is 26.7 Å². The second-order valence-corrected chi connectivity index (χ2v) is 7.15. The predicted octanol–water partition coefficient (Wildman–Crippen LogP) is 4.14. The fourth-order valence-electron chi connectivity index (χ4n) is 3.94. The first kappa shape index (κ1) is 19.4. The zero-order valence-corrected chi connectivity index (χ0v) is 16.4. The largest absolute Gasteiger partial charge is 0.497 e. The zero-order chi connectivity index (χ0) is 19.1. The molecule has 1 heterocycles. The lowest BCUT2D eigenvalue weighted by Gasteiger charge is -2.29. The maximum absolute atomic E-state index is 12.9. The molecular weight excluding hydrogens is 336 g/mol. The highest BCUT2D eigenvalue weighted by molar-refractivity contribution is 5.83. The van der Waals surface area contributed by atoms with Crippen molar-refractivity contribution in [2.24, 2.45) is 0 Å². The molecule has 1 saturated heterocycles. The number of ether oxygens (including phenoxy) is 1. The minimum absolute atomic E-state index is 0.101. The minimum atomic E-state index is -0.101. The minimum Gasteiger partial charge on any atom is -0.497 e. The Bertz CT molecular complexity index is 726. The topological polar surface area (TPSA) is 41.6 Å². The Labute approximate surface area is 162 Å². The van der Waals surface area contributed by atoms with Crippen molar-refractivity contribution in [3.63, 3.8) is 0 Å². The molecule has 27 heavy (non-hydrogen) atoms. The molecule has 0 radical (unpaired) electrons. The van der Waals surface area contributed by atoms with Crippen LogP contribution in [0.5, 0.6) is 5.75 Å². The van der Waals surface area contributed by atoms with Crippen LogP contribution in [0.15, 0.2) is 54.6 Å². The van der Waals surface area contributed by atoms with E-state index < -0.39 is 0 Å². The Morgan fingerprint density at radius 2 is 1.78 bits per heavy atom. The number of nitrogens with one attached hydrogen (secondary N) is 1. The molecule has 2 aromatic rings. The van der Waals surface area contributed by atoms with Crippen LogP contribution in [0.3, 0.4) is 0 Å². The van der Waals surface area contributed by atoms with E-state index in [0.29, 0.717) is 6.54 Å². The molecule has 1 N–H and O–H groups in total. The number of hydrogen-bond acceptors (Lipinski definition) is 3. The third-order valence-electron chi connectivity index (χ3n) is 5.46. The first-order chi connectivity index (χ1) is 13.2. The van der Waals surface area contributed by atoms with E-state index in [0.717, 1.165) is 30.8 Å². The van der Waals surface area contributed by atoms with Crippen molar-refractivity contribution in [2.45, 2.75) is 38.1 Å². The zero-order valence-electron chi connectivity index (χ0n) is 16.4. The van der Waals surface area contributed by atoms with Crippen molar-refractivity contribution in [1.82, 2.24) is 10.2 Å². The summed E-state index contributed by atoms with van der Waals surface area (Å²) in [7, 11) is 1.69. The molecule has 0 unspecified atom stereocenters. The van der Waals surface area contributed by atoms with Crippen LogP contribution in [0.1, 0.15) is 49.3 Å². The van der Waals surface area contributed by atoms with Gasteiger partial charge in [0, 0.05) is 6.54 Å². The SMILES string of the molecule is CC[C@@H](C(=O)NC[C@@H](c1cccc(OC)c1)N1CCCC1)c1ccccc1. The van der Waals surface area contributed by atoms with Gasteiger partial charge in [0.1, 0.15) is 5.75 Å². The van der Waals surface area contributed by atoms with Crippen LogP contribution >= 0.6 is 0 Å². The number of benzene rings is 2. The summed E-state index contributed by atoms with van der Waals surface area (Å²) < 4.78 is 5.40. The molecule has 3 rings (SSSR count). The van der Waals surface area contributed by atoms with E-state index in [-0.39, 0.29) is 17.9 Å². The summed E-state index contributed by atoms with van der Waals surface area (Å²) in [5, 5.41) is 3.22. The number of carbonyl (C=O) groups excluding carboxylic acids is 1. The average Bonchev–Trinajstić information content (AvgIpc) is 3.24. The standard InChI is InChI=1S/C23H30N2O2/c1-3-21(18-10-5-4-6-11-18)23(26)24-17-22(25-14-7-8-15-25)19-12-9-13-20(16-19)27-2/h4-6,9-13,16,21-22H,3,7-8,14-15,17H2,1-2H3,(H,24,26)/t21-,22+/m1/s1. The summed E-state index contributed by atoms with van der Waals surface area (Å²) in [5.74, 6) is 0.866. The van der Waals surface area contributed by atoms with E-state index in [1.165, 1.54) is 18.4 Å². The Kier molecular flexibility index (Phi) is 6.88. The second kappa shape index (κ2) is 9.56. The molecule has 0 spiro atoms. The van der Waals surface area contributed by atoms with Gasteiger partial charge >= 0.3 is 0 Å². The van der Waals surface area contributed by atoms with Crippen LogP contribution in [0.25, 0.3) is 0 Å². The highest BCUT2D eigenvalue weighted by atomic mass is 16.5. The van der Waals surface area contributed by atoms with Crippen molar-refractivity contribution in [3.05, 3.63) is 65.7 Å². The molecule has 144 valence electrons. The predicted molar refractivity (Wildman–Crippen MR) is 109 cm³/mol. The summed E-state index contributed by atoms with van der Waals surface area (Å²) in [6.07, 6.45) is 3.23. The molecule has 0 bridgehead atoms. The summed E-state index contributed by atoms with van der Waals surface area (Å²) in [5.41, 5.74) is 2.28. The van der Waals surface area contributed by atoms with Gasteiger partial charge in [-0.05, 0) is 55.6 Å². The first-order valence-corrected chi connectivity index (χ1v) is 9.93. The third kappa shape index (κ3) is 4.89. The molecular formula is C23H30N2O2. The van der Waals surface area contributed by atoms with Gasteiger partial charge in [-0.15, -0.1) is 0 Å². The summed E-state index contributed by atoms with van der Waals surface area (Å²) >= 11 is 0. The number of amides is 1. The van der Waals surface area contributed by atoms with Crippen molar-refractivity contribution in [1.29, 1.82) is 0 Å². The summed E-state index contributed by atoms with van der Waals surface area (Å²) in [6.45, 7) is 4.84. The summed E-state index contributed by atoms with van der Waals surface area (Å²) in [6, 6.07) is 18.4. The van der Waals surface area contributed by atoms with E-state index >= 15 is 0 Å². The Morgan fingerprint density at radius 3 is 2.44 bits per heavy atom. The van der Waals surface area contributed by atoms with Crippen LogP contribution in [0, 0.1) is 0 Å². The molecule has 1 fully saturated rings. The monoisotopic (exact) mass is 366 g/mol. The van der Waals surface area contributed by atoms with Gasteiger partial charge in [-0.1, -0.05) is 49.4 Å². The van der Waals surface area contributed by atoms with Gasteiger partial charge in [-0.2, -0.15) is 0 Å². The smallest absolute Gasteiger partial charge is 0.227 e. The van der Waals surface area contributed by atoms with Crippen molar-refractivity contribution < 1.29 is 9.53 Å². The van der Waals surface area contributed by atoms with E-state index in [1.54, 1.807) is 7.11 Å². The molecule has 1 amide bonds. The van der Waals surface area contributed by atoms with E-state index in [2.05, 4.69) is 29.3 Å². The maximum atomic E-state index is 12.9. The molecule has 0 aromatic heterocycles. The van der Waals surface area contributed by atoms with Gasteiger partial charge in [0.25, 0.3) is 0 Å². The van der Waals surface area contributed by atoms with Gasteiger partial charge in [-0.3, -0.25) is 9.69 Å². The van der Waals surface area contributed by atoms with Crippen molar-refractivity contribution >= 4 is 5.91 Å². The number of nitrogens with zero attached hydrogens (tertiary/aromatic N) is 1. The molecule has 0 aliphatic carbocycles. The third-order valence-corrected chi connectivity index (χ3v) is 5.46. The fraction of sp³-hybridized carbons (Fsp3) is 0.435. The lowest BCUT2D eigenvalue weighted by Crippen LogP contribution is -2.38. The highest BCUT2D eigenvalue weighted by Crippen LogP contribution is 2.27. The number of carbonyl (C=O) groups is 1. The number of likely N-dealkylation sites (tertiary alicyclic amines) is 1. The number of rotatable bonds is 8. The highest BCUT2D eigenvalue weighted by Gasteiger charge is 2.26. The first-order valence-electron chi connectivity index (χ1n) is 9.93. The summed E-state index contributed by atoms with van der Waals surface area (Å²) in [4.78, 5) is 15.4. The lowest BCUT2D eigenvalue weighted by molar-refractivity contribution is -0.122. The molecule has 0 saturated carbocycles. The van der Waals surface area contributed by atoms with Crippen LogP contribution in [0.4, 0.5) is 0 Å². The fourth-order valence-corrected chi connectivity index (χ4v) is 3.94. The normalized spacial score (nSPS) is 16.7. The Hall–Kier alpha value is -2.33. The second-order valence-electron chi connectivity index (χ2n) is 7.15.